The van der Waals surface area contributed by atoms with Crippen molar-refractivity contribution in [2.45, 2.75) is 6.54 Å². The largest absolute Gasteiger partial charge is 0.390 e. The normalized spacial score (nSPS) is 10.4. The van der Waals surface area contributed by atoms with E-state index in [0.717, 1.165) is 3.79 Å². The van der Waals surface area contributed by atoms with Gasteiger partial charge in [0, 0.05) is 4.88 Å². The number of hydrogen-bond acceptors (Lipinski definition) is 6. The summed E-state index contributed by atoms with van der Waals surface area (Å²) in [6.07, 6.45) is 0. The molecule has 7 heteroatoms. The Morgan fingerprint density at radius 3 is 2.93 bits per heavy atom. The molecule has 0 fully saturated rings. The number of nitrogens with zero attached hydrogens (tertiary/aromatic N) is 2. The monoisotopic (exact) mass is 274 g/mol. The number of aromatic nitrogens is 2. The van der Waals surface area contributed by atoms with Crippen LogP contribution in [0.15, 0.2) is 20.3 Å². The molecule has 0 aliphatic rings. The zero-order chi connectivity index (χ0) is 9.97. The van der Waals surface area contributed by atoms with E-state index in [1.165, 1.54) is 4.88 Å². The summed E-state index contributed by atoms with van der Waals surface area (Å²) in [4.78, 5) is 1.17. The zero-order valence-corrected chi connectivity index (χ0v) is 9.43. The van der Waals surface area contributed by atoms with Crippen LogP contribution in [0, 0.1) is 0 Å². The van der Waals surface area contributed by atoms with Gasteiger partial charge in [0.1, 0.15) is 0 Å². The number of nitrogens with two attached hydrogens (primary N) is 1. The second-order valence-corrected chi connectivity index (χ2v) is 5.05. The molecule has 2 rings (SSSR count). The second kappa shape index (κ2) is 3.97. The summed E-state index contributed by atoms with van der Waals surface area (Å²) >= 11 is 5.03. The molecule has 0 aliphatic carbocycles. The molecule has 0 bridgehead atoms. The van der Waals surface area contributed by atoms with Crippen molar-refractivity contribution in [2.75, 3.05) is 11.1 Å². The Morgan fingerprint density at radius 2 is 2.36 bits per heavy atom. The Balaban J connectivity index is 1.94. The summed E-state index contributed by atoms with van der Waals surface area (Å²) in [6, 6.07) is 4.41. The van der Waals surface area contributed by atoms with E-state index in [0.29, 0.717) is 12.6 Å². The molecular formula is C7H7BrN4OS. The summed E-state index contributed by atoms with van der Waals surface area (Å²) < 4.78 is 6.05. The third-order valence-electron chi connectivity index (χ3n) is 1.48. The van der Waals surface area contributed by atoms with Gasteiger partial charge < -0.3 is 15.5 Å². The first-order valence-electron chi connectivity index (χ1n) is 3.81. The van der Waals surface area contributed by atoms with E-state index in [2.05, 4.69) is 31.4 Å². The van der Waals surface area contributed by atoms with Gasteiger partial charge in [0.2, 0.25) is 0 Å². The van der Waals surface area contributed by atoms with Crippen LogP contribution in [-0.2, 0) is 6.54 Å². The highest BCUT2D eigenvalue weighted by Gasteiger charge is 2.02. The minimum atomic E-state index is 0.0693. The summed E-state index contributed by atoms with van der Waals surface area (Å²) in [5.41, 5.74) is 5.27. The summed E-state index contributed by atoms with van der Waals surface area (Å²) in [6.45, 7) is 0.651. The maximum absolute atomic E-state index is 5.27. The third kappa shape index (κ3) is 2.24. The first-order valence-corrected chi connectivity index (χ1v) is 5.42. The first-order chi connectivity index (χ1) is 6.74. The van der Waals surface area contributed by atoms with Gasteiger partial charge in [0.05, 0.1) is 10.3 Å². The fourth-order valence-corrected chi connectivity index (χ4v) is 2.34. The van der Waals surface area contributed by atoms with Gasteiger partial charge in [-0.1, -0.05) is 10.2 Å². The van der Waals surface area contributed by atoms with Crippen molar-refractivity contribution in [1.29, 1.82) is 0 Å². The van der Waals surface area contributed by atoms with E-state index in [9.17, 15) is 0 Å². The van der Waals surface area contributed by atoms with Crippen LogP contribution < -0.4 is 11.1 Å². The van der Waals surface area contributed by atoms with Gasteiger partial charge in [-0.05, 0) is 28.1 Å². The predicted molar refractivity (Wildman–Crippen MR) is 58.1 cm³/mol. The molecule has 0 radical (unpaired) electrons. The number of hydrogen-bond donors (Lipinski definition) is 2. The summed E-state index contributed by atoms with van der Waals surface area (Å²) in [5, 5.41) is 10.2. The maximum Gasteiger partial charge on any atom is 0.317 e. The van der Waals surface area contributed by atoms with Gasteiger partial charge in [-0.25, -0.2) is 0 Å². The van der Waals surface area contributed by atoms with Crippen LogP contribution in [0.1, 0.15) is 4.88 Å². The van der Waals surface area contributed by atoms with Crippen LogP contribution >= 0.6 is 27.3 Å². The average molecular weight is 275 g/mol. The molecule has 0 atom stereocenters. The molecule has 14 heavy (non-hydrogen) atoms. The van der Waals surface area contributed by atoms with E-state index in [1.807, 2.05) is 12.1 Å². The molecule has 2 heterocycles. The molecule has 0 spiro atoms. The van der Waals surface area contributed by atoms with E-state index in [-0.39, 0.29) is 6.01 Å². The zero-order valence-electron chi connectivity index (χ0n) is 7.03. The lowest BCUT2D eigenvalue weighted by Gasteiger charge is -1.96. The third-order valence-corrected chi connectivity index (χ3v) is 3.11. The summed E-state index contributed by atoms with van der Waals surface area (Å²) in [5.74, 6) is 0. The standard InChI is InChI=1S/C7H7BrN4OS/c8-5-2-1-4(14-5)3-10-7-12-11-6(9)13-7/h1-2H,3H2,(H2,9,11)(H,10,12). The Morgan fingerprint density at radius 1 is 1.50 bits per heavy atom. The van der Waals surface area contributed by atoms with E-state index < -0.39 is 0 Å². The van der Waals surface area contributed by atoms with Crippen LogP contribution in [0.4, 0.5) is 12.0 Å². The average Bonchev–Trinajstić information content (AvgIpc) is 2.72. The molecule has 0 aromatic carbocycles. The lowest BCUT2D eigenvalue weighted by atomic mass is 10.5. The highest BCUT2D eigenvalue weighted by molar-refractivity contribution is 9.11. The van der Waals surface area contributed by atoms with Crippen molar-refractivity contribution in [2.24, 2.45) is 0 Å². The Bertz CT molecular complexity index is 387. The molecule has 3 N–H and O–H groups in total. The minimum absolute atomic E-state index is 0.0693. The predicted octanol–water partition coefficient (Wildman–Crippen LogP) is 2.09. The van der Waals surface area contributed by atoms with Gasteiger partial charge >= 0.3 is 12.0 Å². The number of anilines is 2. The smallest absolute Gasteiger partial charge is 0.317 e. The molecule has 5 nitrogen and oxygen atoms in total. The second-order valence-electron chi connectivity index (χ2n) is 2.50. The molecule has 0 aliphatic heterocycles. The van der Waals surface area contributed by atoms with Crippen LogP contribution in [0.2, 0.25) is 0 Å². The van der Waals surface area contributed by atoms with Gasteiger partial charge in [-0.3, -0.25) is 0 Å². The molecule has 2 aromatic heterocycles. The lowest BCUT2D eigenvalue weighted by molar-refractivity contribution is 0.586. The van der Waals surface area contributed by atoms with Crippen molar-refractivity contribution in [1.82, 2.24) is 10.2 Å². The van der Waals surface area contributed by atoms with Crippen molar-refractivity contribution in [3.8, 4) is 0 Å². The minimum Gasteiger partial charge on any atom is -0.390 e. The Hall–Kier alpha value is -1.08. The molecule has 0 saturated carbocycles. The number of nitrogens with one attached hydrogen (secondary N) is 1. The highest BCUT2D eigenvalue weighted by atomic mass is 79.9. The molecule has 0 unspecified atom stereocenters. The number of nitrogen functional groups attached to an aromatic ring is 1. The van der Waals surface area contributed by atoms with Crippen LogP contribution in [-0.4, -0.2) is 10.2 Å². The van der Waals surface area contributed by atoms with Crippen molar-refractivity contribution in [3.63, 3.8) is 0 Å². The molecule has 74 valence electrons. The van der Waals surface area contributed by atoms with Gasteiger partial charge in [0.15, 0.2) is 0 Å². The van der Waals surface area contributed by atoms with Gasteiger partial charge in [-0.2, -0.15) is 0 Å². The van der Waals surface area contributed by atoms with Crippen molar-refractivity contribution >= 4 is 39.3 Å². The van der Waals surface area contributed by atoms with Gasteiger partial charge in [-0.15, -0.1) is 11.3 Å². The lowest BCUT2D eigenvalue weighted by Crippen LogP contribution is -1.97. The quantitative estimate of drug-likeness (QED) is 0.896. The first kappa shape index (κ1) is 9.47. The van der Waals surface area contributed by atoms with E-state index >= 15 is 0 Å². The van der Waals surface area contributed by atoms with Gasteiger partial charge in [0.25, 0.3) is 0 Å². The Labute approximate surface area is 92.5 Å². The maximum atomic E-state index is 5.27. The highest BCUT2D eigenvalue weighted by Crippen LogP contribution is 2.22. The SMILES string of the molecule is Nc1nnc(NCc2ccc(Br)s2)o1. The van der Waals surface area contributed by atoms with Crippen molar-refractivity contribution in [3.05, 3.63) is 20.8 Å². The topological polar surface area (TPSA) is 77.0 Å². The van der Waals surface area contributed by atoms with E-state index in [1.54, 1.807) is 11.3 Å². The summed E-state index contributed by atoms with van der Waals surface area (Å²) in [7, 11) is 0. The van der Waals surface area contributed by atoms with Crippen LogP contribution in [0.3, 0.4) is 0 Å². The Kier molecular flexibility index (Phi) is 2.69. The number of thiophene rings is 1. The number of rotatable bonds is 3. The van der Waals surface area contributed by atoms with Crippen LogP contribution in [0.25, 0.3) is 0 Å². The van der Waals surface area contributed by atoms with Crippen LogP contribution in [0.5, 0.6) is 0 Å². The molecule has 2 aromatic rings. The molecular weight excluding hydrogens is 268 g/mol. The van der Waals surface area contributed by atoms with E-state index in [4.69, 9.17) is 10.2 Å². The number of halogens is 1. The van der Waals surface area contributed by atoms with Crippen molar-refractivity contribution < 1.29 is 4.42 Å². The fourth-order valence-electron chi connectivity index (χ4n) is 0.915. The fraction of sp³-hybridized carbons (Fsp3) is 0.143. The molecule has 0 saturated heterocycles. The molecule has 0 amide bonds.